The van der Waals surface area contributed by atoms with E-state index < -0.39 is 5.91 Å². The van der Waals surface area contributed by atoms with Gasteiger partial charge < -0.3 is 20.1 Å². The number of fused-ring (bicyclic) bond motifs is 1. The number of aryl methyl sites for hydroxylation is 2. The van der Waals surface area contributed by atoms with Crippen LogP contribution >= 0.6 is 0 Å². The number of nitriles is 1. The van der Waals surface area contributed by atoms with Crippen LogP contribution in [0.2, 0.25) is 0 Å². The minimum absolute atomic E-state index is 0.0127. The van der Waals surface area contributed by atoms with Crippen LogP contribution in [0.1, 0.15) is 48.9 Å². The molecule has 1 aliphatic carbocycles. The Kier molecular flexibility index (Phi) is 7.55. The second kappa shape index (κ2) is 10.5. The first-order chi connectivity index (χ1) is 15.1. The van der Waals surface area contributed by atoms with E-state index in [1.54, 1.807) is 25.3 Å². The summed E-state index contributed by atoms with van der Waals surface area (Å²) in [5.41, 5.74) is 4.45. The lowest BCUT2D eigenvalue weighted by atomic mass is 9.89. The zero-order chi connectivity index (χ0) is 22.2. The van der Waals surface area contributed by atoms with E-state index in [2.05, 4.69) is 35.8 Å². The predicted octanol–water partition coefficient (Wildman–Crippen LogP) is 4.67. The normalized spacial score (nSPS) is 14.1. The molecule has 3 rings (SSSR count). The van der Waals surface area contributed by atoms with Gasteiger partial charge in [-0.15, -0.1) is 0 Å². The Morgan fingerprint density at radius 2 is 1.90 bits per heavy atom. The van der Waals surface area contributed by atoms with Crippen molar-refractivity contribution in [3.63, 3.8) is 0 Å². The van der Waals surface area contributed by atoms with E-state index in [0.29, 0.717) is 17.2 Å². The number of amides is 1. The summed E-state index contributed by atoms with van der Waals surface area (Å²) < 4.78 is 10.5. The van der Waals surface area contributed by atoms with Crippen molar-refractivity contribution >= 4 is 11.6 Å². The Bertz CT molecular complexity index is 1010. The molecule has 31 heavy (non-hydrogen) atoms. The van der Waals surface area contributed by atoms with Gasteiger partial charge in [0.1, 0.15) is 23.1 Å². The van der Waals surface area contributed by atoms with Crippen molar-refractivity contribution in [2.24, 2.45) is 0 Å². The minimum atomic E-state index is -0.512. The van der Waals surface area contributed by atoms with Crippen molar-refractivity contribution in [2.75, 3.05) is 19.5 Å². The number of methoxy groups -OCH3 is 2. The second-order valence-corrected chi connectivity index (χ2v) is 7.55. The topological polar surface area (TPSA) is 83.4 Å². The molecule has 162 valence electrons. The van der Waals surface area contributed by atoms with Gasteiger partial charge in [-0.1, -0.05) is 25.1 Å². The average Bonchev–Trinajstić information content (AvgIpc) is 2.81. The summed E-state index contributed by atoms with van der Waals surface area (Å²) in [6, 6.07) is 13.7. The third-order valence-electron chi connectivity index (χ3n) is 5.63. The molecule has 2 aromatic carbocycles. The number of ether oxygens (including phenoxy) is 2. The van der Waals surface area contributed by atoms with Gasteiger partial charge >= 0.3 is 0 Å². The van der Waals surface area contributed by atoms with Gasteiger partial charge in [-0.2, -0.15) is 5.26 Å². The second-order valence-electron chi connectivity index (χ2n) is 7.55. The number of hydrogen-bond donors (Lipinski definition) is 2. The Morgan fingerprint density at radius 3 is 2.58 bits per heavy atom. The lowest BCUT2D eigenvalue weighted by Crippen LogP contribution is -2.20. The molecule has 0 saturated heterocycles. The quantitative estimate of drug-likeness (QED) is 0.480. The lowest BCUT2D eigenvalue weighted by Gasteiger charge is -2.21. The van der Waals surface area contributed by atoms with Crippen LogP contribution in [-0.2, 0) is 17.6 Å². The van der Waals surface area contributed by atoms with E-state index in [9.17, 15) is 10.1 Å². The van der Waals surface area contributed by atoms with Crippen molar-refractivity contribution in [1.29, 1.82) is 5.26 Å². The number of benzene rings is 2. The molecule has 0 saturated carbocycles. The highest BCUT2D eigenvalue weighted by molar-refractivity contribution is 6.07. The summed E-state index contributed by atoms with van der Waals surface area (Å²) in [5.74, 6) is 0.553. The van der Waals surface area contributed by atoms with Crippen LogP contribution < -0.4 is 20.1 Å². The minimum Gasteiger partial charge on any atom is -0.497 e. The SMILES string of the molecule is CCC(N/C=C(/C#N)C(=O)Nc1cc(OC)ccc1OC)c1ccc2c(c1)CCCC2. The molecule has 0 spiro atoms. The van der Waals surface area contributed by atoms with Gasteiger partial charge in [-0.25, -0.2) is 0 Å². The number of rotatable bonds is 8. The van der Waals surface area contributed by atoms with E-state index in [1.165, 1.54) is 42.8 Å². The maximum absolute atomic E-state index is 12.7. The fourth-order valence-electron chi connectivity index (χ4n) is 3.85. The Hall–Kier alpha value is -3.46. The van der Waals surface area contributed by atoms with Crippen LogP contribution in [0.3, 0.4) is 0 Å². The van der Waals surface area contributed by atoms with Crippen LogP contribution in [0.15, 0.2) is 48.2 Å². The van der Waals surface area contributed by atoms with E-state index in [-0.39, 0.29) is 11.6 Å². The first-order valence-electron chi connectivity index (χ1n) is 10.6. The summed E-state index contributed by atoms with van der Waals surface area (Å²) >= 11 is 0. The van der Waals surface area contributed by atoms with Crippen LogP contribution in [0.5, 0.6) is 11.5 Å². The summed E-state index contributed by atoms with van der Waals surface area (Å²) in [6.07, 6.45) is 7.07. The van der Waals surface area contributed by atoms with Gasteiger partial charge in [0.25, 0.3) is 5.91 Å². The number of carbonyl (C=O) groups is 1. The molecule has 2 aromatic rings. The maximum Gasteiger partial charge on any atom is 0.267 e. The van der Waals surface area contributed by atoms with Crippen molar-refractivity contribution in [3.8, 4) is 17.6 Å². The highest BCUT2D eigenvalue weighted by atomic mass is 16.5. The molecule has 0 aromatic heterocycles. The molecular weight excluding hydrogens is 390 g/mol. The first kappa shape index (κ1) is 22.2. The molecule has 6 nitrogen and oxygen atoms in total. The van der Waals surface area contributed by atoms with Crippen LogP contribution in [0.25, 0.3) is 0 Å². The lowest BCUT2D eigenvalue weighted by molar-refractivity contribution is -0.112. The number of nitrogens with zero attached hydrogens (tertiary/aromatic N) is 1. The van der Waals surface area contributed by atoms with E-state index in [1.807, 2.05) is 6.07 Å². The molecule has 1 aliphatic rings. The largest absolute Gasteiger partial charge is 0.497 e. The fraction of sp³-hybridized carbons (Fsp3) is 0.360. The fourth-order valence-corrected chi connectivity index (χ4v) is 3.85. The molecule has 0 heterocycles. The van der Waals surface area contributed by atoms with E-state index >= 15 is 0 Å². The Balaban J connectivity index is 1.75. The third-order valence-corrected chi connectivity index (χ3v) is 5.63. The van der Waals surface area contributed by atoms with Crippen molar-refractivity contribution in [1.82, 2.24) is 5.32 Å². The molecule has 0 aliphatic heterocycles. The molecule has 1 unspecified atom stereocenters. The standard InChI is InChI=1S/C25H29N3O3/c1-4-22(19-10-9-17-7-5-6-8-18(17)13-19)27-16-20(15-26)25(29)28-23-14-21(30-2)11-12-24(23)31-3/h9-14,16,22,27H,4-8H2,1-3H3,(H,28,29)/b20-16-. The number of nitrogens with one attached hydrogen (secondary N) is 2. The molecule has 1 atom stereocenters. The monoisotopic (exact) mass is 419 g/mol. The first-order valence-corrected chi connectivity index (χ1v) is 10.6. The molecule has 2 N–H and O–H groups in total. The zero-order valence-corrected chi connectivity index (χ0v) is 18.3. The van der Waals surface area contributed by atoms with Crippen molar-refractivity contribution in [3.05, 3.63) is 64.9 Å². The average molecular weight is 420 g/mol. The highest BCUT2D eigenvalue weighted by Gasteiger charge is 2.16. The number of anilines is 1. The Morgan fingerprint density at radius 1 is 1.13 bits per heavy atom. The van der Waals surface area contributed by atoms with Gasteiger partial charge in [0.05, 0.1) is 25.9 Å². The molecule has 1 amide bonds. The van der Waals surface area contributed by atoms with E-state index in [4.69, 9.17) is 9.47 Å². The number of hydrogen-bond acceptors (Lipinski definition) is 5. The van der Waals surface area contributed by atoms with Crippen molar-refractivity contribution in [2.45, 2.75) is 45.1 Å². The van der Waals surface area contributed by atoms with Gasteiger partial charge in [-0.3, -0.25) is 4.79 Å². The highest BCUT2D eigenvalue weighted by Crippen LogP contribution is 2.29. The van der Waals surface area contributed by atoms with Crippen LogP contribution in [0.4, 0.5) is 5.69 Å². The van der Waals surface area contributed by atoms with Gasteiger partial charge in [-0.05, 0) is 60.9 Å². The Labute approximate surface area is 183 Å². The summed E-state index contributed by atoms with van der Waals surface area (Å²) in [4.78, 5) is 12.7. The van der Waals surface area contributed by atoms with Crippen LogP contribution in [0, 0.1) is 11.3 Å². The van der Waals surface area contributed by atoms with E-state index in [0.717, 1.165) is 19.3 Å². The van der Waals surface area contributed by atoms with Gasteiger partial charge in [0, 0.05) is 12.3 Å². The molecule has 6 heteroatoms. The zero-order valence-electron chi connectivity index (χ0n) is 18.3. The summed E-state index contributed by atoms with van der Waals surface area (Å²) in [5, 5.41) is 15.5. The van der Waals surface area contributed by atoms with Gasteiger partial charge in [0.15, 0.2) is 0 Å². The summed E-state index contributed by atoms with van der Waals surface area (Å²) in [6.45, 7) is 2.08. The smallest absolute Gasteiger partial charge is 0.267 e. The maximum atomic E-state index is 12.7. The third kappa shape index (κ3) is 5.37. The summed E-state index contributed by atoms with van der Waals surface area (Å²) in [7, 11) is 3.06. The molecule has 0 radical (unpaired) electrons. The molecule has 0 fully saturated rings. The molecule has 0 bridgehead atoms. The molecular formula is C25H29N3O3. The number of carbonyl (C=O) groups excluding carboxylic acids is 1. The predicted molar refractivity (Wildman–Crippen MR) is 121 cm³/mol. The van der Waals surface area contributed by atoms with Crippen molar-refractivity contribution < 1.29 is 14.3 Å². The van der Waals surface area contributed by atoms with Crippen LogP contribution in [-0.4, -0.2) is 20.1 Å². The van der Waals surface area contributed by atoms with Gasteiger partial charge in [0.2, 0.25) is 0 Å².